The smallest absolute Gasteiger partial charge is 0.373 e. The quantitative estimate of drug-likeness (QED) is 0.131. The van der Waals surface area contributed by atoms with E-state index in [0.717, 1.165) is 0 Å². The maximum atomic E-state index is 8.31. The second kappa shape index (κ2) is 22.3. The second-order valence-electron chi connectivity index (χ2n) is 23.4. The van der Waals surface area contributed by atoms with E-state index < -0.39 is 70.4 Å². The van der Waals surface area contributed by atoms with Crippen LogP contribution in [-0.2, 0) is 49.4 Å². The molecule has 6 fully saturated rings. The molecule has 6 aliphatic heterocycles. The summed E-state index contributed by atoms with van der Waals surface area (Å²) in [7, 11) is -1.55. The van der Waals surface area contributed by atoms with Crippen LogP contribution in [0.3, 0.4) is 0 Å². The van der Waals surface area contributed by atoms with Gasteiger partial charge < -0.3 is 88.6 Å². The fraction of sp³-hybridized carbons (Fsp3) is 1.00. The second-order valence-corrected chi connectivity index (χ2v) is 50.7. The molecule has 6 rings (SSSR count). The van der Waals surface area contributed by atoms with Crippen molar-refractivity contribution in [3.63, 3.8) is 0 Å². The van der Waals surface area contributed by atoms with Crippen LogP contribution >= 0.6 is 0 Å². The lowest BCUT2D eigenvalue weighted by molar-refractivity contribution is -0.0493. The zero-order chi connectivity index (χ0) is 51.4. The summed E-state index contributed by atoms with van der Waals surface area (Å²) in [4.78, 5) is 17.3. The summed E-state index contributed by atoms with van der Waals surface area (Å²) in [6, 6.07) is 0. The molecular weight excluding hydrogens is 1010 g/mol. The summed E-state index contributed by atoms with van der Waals surface area (Å²) in [5, 5.41) is 0. The molecule has 0 aliphatic carbocycles. The van der Waals surface area contributed by atoms with Gasteiger partial charge in [-0.25, -0.2) is 0 Å². The third-order valence-electron chi connectivity index (χ3n) is 13.4. The first-order valence-electron chi connectivity index (χ1n) is 24.8. The van der Waals surface area contributed by atoms with E-state index in [1.165, 1.54) is 0 Å². The average molecular weight is 1110 g/mol. The van der Waals surface area contributed by atoms with Crippen LogP contribution in [0.5, 0.6) is 0 Å². The third-order valence-corrected chi connectivity index (χ3v) is 51.8. The number of hydrogen-bond acceptors (Lipinski definition) is 20. The predicted molar refractivity (Wildman–Crippen MR) is 283 cm³/mol. The first-order chi connectivity index (χ1) is 31.2. The van der Waals surface area contributed by atoms with Crippen LogP contribution in [0.15, 0.2) is 0 Å². The minimum absolute atomic E-state index is 0.364. The van der Waals surface area contributed by atoms with E-state index in [0.29, 0.717) is 52.4 Å². The summed E-state index contributed by atoms with van der Waals surface area (Å²) in [5.74, 6) is 0. The van der Waals surface area contributed by atoms with Gasteiger partial charge in [-0.2, -0.15) is 0 Å². The molecule has 28 heteroatoms. The van der Waals surface area contributed by atoms with Crippen molar-refractivity contribution in [2.75, 3.05) is 165 Å². The van der Waals surface area contributed by atoms with Gasteiger partial charge in [0.05, 0.1) is 0 Å². The van der Waals surface area contributed by atoms with Gasteiger partial charge in [0.1, 0.15) is 0 Å². The number of nitrogens with zero attached hydrogens (tertiary/aromatic N) is 8. The molecule has 0 radical (unpaired) electrons. The highest BCUT2D eigenvalue weighted by molar-refractivity contribution is 7.04. The van der Waals surface area contributed by atoms with E-state index in [1.54, 1.807) is 0 Å². The summed E-state index contributed by atoms with van der Waals surface area (Å²) >= 11 is 0. The lowest BCUT2D eigenvalue weighted by Gasteiger charge is -2.67. The molecule has 20 nitrogen and oxygen atoms in total. The van der Waals surface area contributed by atoms with Gasteiger partial charge in [0, 0.05) is 96.7 Å². The Morgan fingerprint density at radius 3 is 0.324 bits per heavy atom. The van der Waals surface area contributed by atoms with Gasteiger partial charge in [-0.3, -0.25) is 0 Å². The highest BCUT2D eigenvalue weighted by Crippen LogP contribution is 2.60. The van der Waals surface area contributed by atoms with Gasteiger partial charge in [-0.15, -0.1) is 0 Å². The van der Waals surface area contributed by atoms with Gasteiger partial charge >= 0.3 is 70.4 Å². The van der Waals surface area contributed by atoms with Gasteiger partial charge in [-0.1, -0.05) is 55.4 Å². The Morgan fingerprint density at radius 1 is 0.191 bits per heavy atom. The zero-order valence-corrected chi connectivity index (χ0v) is 54.8. The summed E-state index contributed by atoms with van der Waals surface area (Å²) < 4.78 is 99.7. The van der Waals surface area contributed by atoms with Crippen molar-refractivity contribution >= 4 is 70.4 Å². The average Bonchev–Trinajstić information content (AvgIpc) is 3.11. The molecule has 6 heterocycles. The van der Waals surface area contributed by atoms with Crippen molar-refractivity contribution in [2.45, 2.75) is 99.7 Å². The molecule has 0 saturated carbocycles. The van der Waals surface area contributed by atoms with E-state index in [9.17, 15) is 0 Å². The van der Waals surface area contributed by atoms with Crippen molar-refractivity contribution in [2.24, 2.45) is 0 Å². The van der Waals surface area contributed by atoms with Crippen LogP contribution in [0, 0.1) is 0 Å². The number of hydrogen-bond donors (Lipinski definition) is 0. The van der Waals surface area contributed by atoms with Crippen LogP contribution in [0.1, 0.15) is 55.4 Å². The normalized spacial score (nSPS) is 38.8. The van der Waals surface area contributed by atoms with Crippen LogP contribution < -0.4 is 0 Å². The molecule has 6 aliphatic rings. The van der Waals surface area contributed by atoms with Gasteiger partial charge in [0.2, 0.25) is 0 Å². The molecular formula is C40H96N8O12Si8. The van der Waals surface area contributed by atoms with Gasteiger partial charge in [-0.05, 0) is 113 Å². The summed E-state index contributed by atoms with van der Waals surface area (Å²) in [5.41, 5.74) is -2.91. The molecule has 0 spiro atoms. The Hall–Kier alpha value is 0.935. The van der Waals surface area contributed by atoms with Gasteiger partial charge in [0.15, 0.2) is 0 Å². The monoisotopic (exact) mass is 1100 g/mol. The van der Waals surface area contributed by atoms with Crippen molar-refractivity contribution in [1.29, 1.82) is 0 Å². The van der Waals surface area contributed by atoms with E-state index in [2.05, 4.69) is 207 Å². The Bertz CT molecular complexity index is 1250. The van der Waals surface area contributed by atoms with Crippen LogP contribution in [0.2, 0.25) is 44.3 Å². The lowest BCUT2D eigenvalue weighted by atomic mass is 10.4. The van der Waals surface area contributed by atoms with Crippen LogP contribution in [0.4, 0.5) is 0 Å². The first-order valence-corrected chi connectivity index (χ1v) is 39.2. The van der Waals surface area contributed by atoms with Crippen LogP contribution in [0.25, 0.3) is 0 Å². The molecule has 0 aromatic rings. The van der Waals surface area contributed by atoms with Crippen molar-refractivity contribution in [1.82, 2.24) is 39.2 Å². The molecule has 0 amide bonds. The summed E-state index contributed by atoms with van der Waals surface area (Å²) in [6.45, 7) is 21.8. The lowest BCUT2D eigenvalue weighted by Crippen LogP contribution is -2.91. The van der Waals surface area contributed by atoms with Crippen LogP contribution in [-0.4, -0.2) is 275 Å². The molecule has 400 valence electrons. The highest BCUT2D eigenvalue weighted by Gasteiger charge is 2.87. The number of rotatable bonds is 24. The molecule has 8 bridgehead atoms. The SMILES string of the molecule is CC(CN(C)C)[Si]12O[Si]3(C(C)CN(C)C)O[Si]4(C(C)CN(C)C)O[Si](C(C)CN(C)C)(O1)O[Si]1(C(C)CN(C)C)O[Si](C(C)CN(C)C)(O2)O[Si](C(C)CN(C)C)(O3)O[Si](C(C)CN(C)C)(O4)O1. The fourth-order valence-electron chi connectivity index (χ4n) is 10.6. The molecule has 0 aromatic heterocycles. The largest absolute Gasteiger partial charge is 0.483 e. The van der Waals surface area contributed by atoms with E-state index in [-0.39, 0.29) is 44.3 Å². The van der Waals surface area contributed by atoms with Crippen molar-refractivity contribution < 1.29 is 49.4 Å². The Kier molecular flexibility index (Phi) is 19.6. The molecule has 0 N–H and O–H groups in total. The summed E-state index contributed by atoms with van der Waals surface area (Å²) in [6.07, 6.45) is 0. The third kappa shape index (κ3) is 12.4. The Balaban J connectivity index is 2.15. The standard InChI is InChI=1S/C40H96N8O12Si8/c1-33(25-41(9)10)61-49-62(34(2)26-42(11)12)52-65(37(5)29-45(17)18)54-63(50-61,35(3)27-43(13)14)56-67(39(7)31-47(21)22)57-64(51-61,36(4)28-44(15)16)55-66(53-62,38(6)30-46(19)20)59-68(58-65,60-67)40(8)32-48(23)24/h33-40H,25-32H2,1-24H3. The van der Waals surface area contributed by atoms with E-state index >= 15 is 0 Å². The Labute approximate surface area is 421 Å². The Morgan fingerprint density at radius 2 is 0.265 bits per heavy atom. The predicted octanol–water partition coefficient (Wildman–Crippen LogP) is 3.38. The minimum atomic E-state index is -4.33. The topological polar surface area (TPSA) is 137 Å². The van der Waals surface area contributed by atoms with Gasteiger partial charge in [0.25, 0.3) is 0 Å². The maximum Gasteiger partial charge on any atom is 0.483 e. The molecule has 68 heavy (non-hydrogen) atoms. The minimum Gasteiger partial charge on any atom is -0.373 e. The molecule has 6 saturated heterocycles. The maximum absolute atomic E-state index is 8.31. The van der Waals surface area contributed by atoms with Crippen molar-refractivity contribution in [3.05, 3.63) is 0 Å². The molecule has 8 atom stereocenters. The first kappa shape index (κ1) is 59.8. The highest BCUT2D eigenvalue weighted by atomic mass is 28.6. The van der Waals surface area contributed by atoms with Crippen molar-refractivity contribution in [3.8, 4) is 0 Å². The molecule has 0 aromatic carbocycles. The zero-order valence-electron chi connectivity index (χ0n) is 46.8. The van der Waals surface area contributed by atoms with E-state index in [1.807, 2.05) is 0 Å². The van der Waals surface area contributed by atoms with E-state index in [4.69, 9.17) is 49.4 Å². The molecule has 8 unspecified atom stereocenters. The fourth-order valence-corrected chi connectivity index (χ4v) is 66.6.